The zero-order chi connectivity index (χ0) is 12.3. The lowest BCUT2D eigenvalue weighted by Gasteiger charge is -2.34. The highest BCUT2D eigenvalue weighted by molar-refractivity contribution is 4.88. The third-order valence-corrected chi connectivity index (χ3v) is 4.60. The van der Waals surface area contributed by atoms with Gasteiger partial charge in [0.2, 0.25) is 0 Å². The quantitative estimate of drug-likeness (QED) is 0.688. The Morgan fingerprint density at radius 2 is 1.82 bits per heavy atom. The van der Waals surface area contributed by atoms with Gasteiger partial charge in [-0.2, -0.15) is 0 Å². The molecule has 17 heavy (non-hydrogen) atoms. The number of likely N-dealkylation sites (tertiary alicyclic amines) is 1. The lowest BCUT2D eigenvalue weighted by molar-refractivity contribution is 0.0421. The standard InChI is InChI=1S/C14H28N2O/c1-14(17)8-5-10-16(11-9-14)13-7-4-2-3-6-12(13)15/h12-13,17H,2-11,15H2,1H3. The van der Waals surface area contributed by atoms with Crippen molar-refractivity contribution in [3.8, 4) is 0 Å². The first-order chi connectivity index (χ1) is 8.08. The fourth-order valence-electron chi connectivity index (χ4n) is 3.39. The van der Waals surface area contributed by atoms with Crippen molar-refractivity contribution in [1.82, 2.24) is 4.90 Å². The van der Waals surface area contributed by atoms with Gasteiger partial charge in [-0.3, -0.25) is 4.90 Å². The van der Waals surface area contributed by atoms with Gasteiger partial charge in [0, 0.05) is 18.6 Å². The molecule has 1 heterocycles. The molecule has 0 aromatic rings. The molecular formula is C14H28N2O. The Morgan fingerprint density at radius 3 is 2.65 bits per heavy atom. The van der Waals surface area contributed by atoms with Crippen LogP contribution in [-0.2, 0) is 0 Å². The summed E-state index contributed by atoms with van der Waals surface area (Å²) < 4.78 is 0. The molecule has 0 aromatic heterocycles. The molecule has 3 unspecified atom stereocenters. The van der Waals surface area contributed by atoms with Crippen LogP contribution < -0.4 is 5.73 Å². The molecule has 0 amide bonds. The summed E-state index contributed by atoms with van der Waals surface area (Å²) in [6.07, 6.45) is 9.34. The summed E-state index contributed by atoms with van der Waals surface area (Å²) >= 11 is 0. The van der Waals surface area contributed by atoms with E-state index in [1.165, 1.54) is 32.1 Å². The number of hydrogen-bond acceptors (Lipinski definition) is 3. The zero-order valence-corrected chi connectivity index (χ0v) is 11.2. The summed E-state index contributed by atoms with van der Waals surface area (Å²) in [4.78, 5) is 2.55. The highest BCUT2D eigenvalue weighted by Gasteiger charge is 2.31. The van der Waals surface area contributed by atoms with Crippen molar-refractivity contribution in [1.29, 1.82) is 0 Å². The van der Waals surface area contributed by atoms with Crippen molar-refractivity contribution in [2.75, 3.05) is 13.1 Å². The summed E-state index contributed by atoms with van der Waals surface area (Å²) in [5.41, 5.74) is 5.87. The van der Waals surface area contributed by atoms with Gasteiger partial charge in [0.1, 0.15) is 0 Å². The number of aliphatic hydroxyl groups is 1. The molecule has 0 aromatic carbocycles. The van der Waals surface area contributed by atoms with Crippen LogP contribution >= 0.6 is 0 Å². The number of nitrogens with zero attached hydrogens (tertiary/aromatic N) is 1. The molecule has 100 valence electrons. The average Bonchev–Trinajstić information content (AvgIpc) is 2.57. The van der Waals surface area contributed by atoms with Gasteiger partial charge in [-0.05, 0) is 45.6 Å². The smallest absolute Gasteiger partial charge is 0.0632 e. The summed E-state index contributed by atoms with van der Waals surface area (Å²) in [6, 6.07) is 0.909. The molecule has 1 saturated carbocycles. The van der Waals surface area contributed by atoms with Crippen LogP contribution in [0.2, 0.25) is 0 Å². The monoisotopic (exact) mass is 240 g/mol. The fourth-order valence-corrected chi connectivity index (χ4v) is 3.39. The van der Waals surface area contributed by atoms with Crippen LogP contribution in [0.4, 0.5) is 0 Å². The molecule has 0 bridgehead atoms. The Kier molecular flexibility index (Phi) is 4.45. The maximum Gasteiger partial charge on any atom is 0.0632 e. The van der Waals surface area contributed by atoms with Crippen LogP contribution in [0.25, 0.3) is 0 Å². The molecule has 3 heteroatoms. The van der Waals surface area contributed by atoms with Crippen molar-refractivity contribution in [2.24, 2.45) is 5.73 Å². The second kappa shape index (κ2) is 5.68. The minimum atomic E-state index is -0.455. The second-order valence-corrected chi connectivity index (χ2v) is 6.26. The Hall–Kier alpha value is -0.120. The van der Waals surface area contributed by atoms with E-state index in [0.29, 0.717) is 12.1 Å². The molecule has 0 radical (unpaired) electrons. The van der Waals surface area contributed by atoms with Crippen LogP contribution in [0, 0.1) is 0 Å². The van der Waals surface area contributed by atoms with Gasteiger partial charge in [0.15, 0.2) is 0 Å². The lowest BCUT2D eigenvalue weighted by Crippen LogP contribution is -2.47. The largest absolute Gasteiger partial charge is 0.390 e. The van der Waals surface area contributed by atoms with E-state index in [9.17, 15) is 5.11 Å². The van der Waals surface area contributed by atoms with Gasteiger partial charge in [-0.15, -0.1) is 0 Å². The van der Waals surface area contributed by atoms with Gasteiger partial charge in [0.25, 0.3) is 0 Å². The fraction of sp³-hybridized carbons (Fsp3) is 1.00. The first-order valence-corrected chi connectivity index (χ1v) is 7.30. The van der Waals surface area contributed by atoms with E-state index in [2.05, 4.69) is 4.90 Å². The van der Waals surface area contributed by atoms with E-state index < -0.39 is 5.60 Å². The minimum absolute atomic E-state index is 0.348. The van der Waals surface area contributed by atoms with E-state index in [1.807, 2.05) is 6.92 Å². The Labute approximate surface area is 105 Å². The van der Waals surface area contributed by atoms with Crippen LogP contribution in [0.5, 0.6) is 0 Å². The Bertz CT molecular complexity index is 242. The average molecular weight is 240 g/mol. The van der Waals surface area contributed by atoms with Crippen LogP contribution in [-0.4, -0.2) is 40.8 Å². The number of hydrogen-bond donors (Lipinski definition) is 2. The Morgan fingerprint density at radius 1 is 1.06 bits per heavy atom. The van der Waals surface area contributed by atoms with Gasteiger partial charge in [-0.1, -0.05) is 19.3 Å². The van der Waals surface area contributed by atoms with Crippen molar-refractivity contribution >= 4 is 0 Å². The van der Waals surface area contributed by atoms with E-state index in [4.69, 9.17) is 5.73 Å². The second-order valence-electron chi connectivity index (χ2n) is 6.26. The predicted octanol–water partition coefficient (Wildman–Crippen LogP) is 1.88. The van der Waals surface area contributed by atoms with Gasteiger partial charge >= 0.3 is 0 Å². The van der Waals surface area contributed by atoms with Crippen molar-refractivity contribution in [3.05, 3.63) is 0 Å². The Balaban J connectivity index is 1.95. The van der Waals surface area contributed by atoms with E-state index in [0.717, 1.165) is 32.4 Å². The van der Waals surface area contributed by atoms with Crippen molar-refractivity contribution in [3.63, 3.8) is 0 Å². The first kappa shape index (κ1) is 13.3. The summed E-state index contributed by atoms with van der Waals surface area (Å²) in [7, 11) is 0. The molecule has 0 spiro atoms. The van der Waals surface area contributed by atoms with Crippen LogP contribution in [0.1, 0.15) is 58.3 Å². The number of nitrogens with two attached hydrogens (primary N) is 1. The van der Waals surface area contributed by atoms with E-state index >= 15 is 0 Å². The third-order valence-electron chi connectivity index (χ3n) is 4.60. The maximum atomic E-state index is 10.1. The zero-order valence-electron chi connectivity index (χ0n) is 11.2. The molecule has 1 aliphatic carbocycles. The highest BCUT2D eigenvalue weighted by atomic mass is 16.3. The molecule has 2 fully saturated rings. The minimum Gasteiger partial charge on any atom is -0.390 e. The molecular weight excluding hydrogens is 212 g/mol. The summed E-state index contributed by atoms with van der Waals surface area (Å²) in [6.45, 7) is 4.11. The van der Waals surface area contributed by atoms with Gasteiger partial charge in [0.05, 0.1) is 5.60 Å². The molecule has 1 aliphatic heterocycles. The summed E-state index contributed by atoms with van der Waals surface area (Å²) in [5, 5.41) is 10.1. The third kappa shape index (κ3) is 3.67. The maximum absolute atomic E-state index is 10.1. The lowest BCUT2D eigenvalue weighted by atomic mass is 9.98. The van der Waals surface area contributed by atoms with E-state index in [1.54, 1.807) is 0 Å². The van der Waals surface area contributed by atoms with Gasteiger partial charge in [-0.25, -0.2) is 0 Å². The molecule has 1 saturated heterocycles. The van der Waals surface area contributed by atoms with Crippen LogP contribution in [0.3, 0.4) is 0 Å². The normalized spacial score (nSPS) is 41.8. The van der Waals surface area contributed by atoms with Crippen LogP contribution in [0.15, 0.2) is 0 Å². The predicted molar refractivity (Wildman–Crippen MR) is 70.9 cm³/mol. The van der Waals surface area contributed by atoms with Crippen molar-refractivity contribution < 1.29 is 5.11 Å². The highest BCUT2D eigenvalue weighted by Crippen LogP contribution is 2.27. The molecule has 3 N–H and O–H groups in total. The molecule has 3 nitrogen and oxygen atoms in total. The van der Waals surface area contributed by atoms with E-state index in [-0.39, 0.29) is 0 Å². The van der Waals surface area contributed by atoms with Crippen molar-refractivity contribution in [2.45, 2.75) is 76.0 Å². The van der Waals surface area contributed by atoms with Gasteiger partial charge < -0.3 is 10.8 Å². The topological polar surface area (TPSA) is 49.5 Å². The first-order valence-electron chi connectivity index (χ1n) is 7.30. The summed E-state index contributed by atoms with van der Waals surface area (Å²) in [5.74, 6) is 0. The number of rotatable bonds is 1. The SMILES string of the molecule is CC1(O)CCCN(C2CCCCCC2N)CC1. The molecule has 2 rings (SSSR count). The molecule has 3 atom stereocenters. The molecule has 2 aliphatic rings.